The Morgan fingerprint density at radius 2 is 2.44 bits per heavy atom. The van der Waals surface area contributed by atoms with Gasteiger partial charge in [0.05, 0.1) is 12.6 Å². The molecule has 1 heterocycles. The highest BCUT2D eigenvalue weighted by atomic mass is 16.5. The molecule has 1 aliphatic rings. The van der Waals surface area contributed by atoms with Crippen LogP contribution in [0.5, 0.6) is 11.5 Å². The maximum atomic E-state index is 5.68. The lowest BCUT2D eigenvalue weighted by molar-refractivity contribution is 0.301. The summed E-state index contributed by atoms with van der Waals surface area (Å²) in [5.74, 6) is 1.83. The molecule has 0 saturated heterocycles. The molecule has 3 nitrogen and oxygen atoms in total. The molecule has 0 fully saturated rings. The van der Waals surface area contributed by atoms with E-state index in [1.54, 1.807) is 0 Å². The number of hydrogen-bond donors (Lipinski definition) is 1. The second kappa shape index (κ2) is 6.45. The van der Waals surface area contributed by atoms with Crippen molar-refractivity contribution < 1.29 is 9.47 Å². The Balaban J connectivity index is 1.94. The van der Waals surface area contributed by atoms with Crippen molar-refractivity contribution in [3.8, 4) is 11.5 Å². The lowest BCUT2D eigenvalue weighted by Crippen LogP contribution is -2.21. The van der Waals surface area contributed by atoms with E-state index in [-0.39, 0.29) is 0 Å². The zero-order valence-electron chi connectivity index (χ0n) is 10.9. The van der Waals surface area contributed by atoms with Gasteiger partial charge in [0, 0.05) is 11.6 Å². The van der Waals surface area contributed by atoms with Crippen LogP contribution in [0.4, 0.5) is 0 Å². The van der Waals surface area contributed by atoms with Crippen LogP contribution >= 0.6 is 0 Å². The molecule has 1 unspecified atom stereocenters. The molecule has 2 rings (SSSR count). The van der Waals surface area contributed by atoms with E-state index in [1.807, 2.05) is 18.2 Å². The van der Waals surface area contributed by atoms with Crippen LogP contribution < -0.4 is 14.8 Å². The molecule has 0 radical (unpaired) electrons. The number of allylic oxidation sites excluding steroid dienone is 1. The van der Waals surface area contributed by atoms with E-state index in [1.165, 1.54) is 5.56 Å². The first-order valence-corrected chi connectivity index (χ1v) is 6.59. The number of likely N-dealkylation sites (N-methyl/N-ethyl adjacent to an activating group) is 1. The Kier molecular flexibility index (Phi) is 4.65. The Labute approximate surface area is 109 Å². The van der Waals surface area contributed by atoms with Crippen molar-refractivity contribution in [3.05, 3.63) is 36.4 Å². The van der Waals surface area contributed by atoms with E-state index in [4.69, 9.17) is 9.47 Å². The van der Waals surface area contributed by atoms with Crippen LogP contribution in [0.3, 0.4) is 0 Å². The van der Waals surface area contributed by atoms with Gasteiger partial charge in [0.1, 0.15) is 18.1 Å². The molecule has 0 aromatic heterocycles. The third-order valence-corrected chi connectivity index (χ3v) is 3.04. The van der Waals surface area contributed by atoms with Gasteiger partial charge in [-0.15, -0.1) is 6.58 Å². The van der Waals surface area contributed by atoms with E-state index in [9.17, 15) is 0 Å². The molecule has 1 aliphatic heterocycles. The Bertz CT molecular complexity index is 403. The molecule has 0 amide bonds. The normalized spacial score (nSPS) is 17.1. The summed E-state index contributed by atoms with van der Waals surface area (Å²) in [5.41, 5.74) is 1.23. The van der Waals surface area contributed by atoms with Crippen LogP contribution in [0.2, 0.25) is 0 Å². The first-order chi connectivity index (χ1) is 8.85. The second-order valence-electron chi connectivity index (χ2n) is 4.40. The quantitative estimate of drug-likeness (QED) is 0.593. The average molecular weight is 247 g/mol. The summed E-state index contributed by atoms with van der Waals surface area (Å²) in [5, 5.41) is 3.40. The number of benzene rings is 1. The van der Waals surface area contributed by atoms with Crippen LogP contribution in [-0.2, 0) is 0 Å². The fourth-order valence-corrected chi connectivity index (χ4v) is 2.11. The van der Waals surface area contributed by atoms with Gasteiger partial charge in [-0.1, -0.05) is 13.0 Å². The first kappa shape index (κ1) is 13.0. The zero-order chi connectivity index (χ0) is 12.8. The lowest BCUT2D eigenvalue weighted by Gasteiger charge is -2.10. The highest BCUT2D eigenvalue weighted by Gasteiger charge is 2.23. The first-order valence-electron chi connectivity index (χ1n) is 6.59. The van der Waals surface area contributed by atoms with Crippen molar-refractivity contribution >= 4 is 0 Å². The smallest absolute Gasteiger partial charge is 0.127 e. The molecular weight excluding hydrogens is 226 g/mol. The van der Waals surface area contributed by atoms with Gasteiger partial charge >= 0.3 is 0 Å². The lowest BCUT2D eigenvalue weighted by atomic mass is 10.1. The van der Waals surface area contributed by atoms with Crippen molar-refractivity contribution in [3.63, 3.8) is 0 Å². The Hall–Kier alpha value is -1.48. The largest absolute Gasteiger partial charge is 0.493 e. The van der Waals surface area contributed by atoms with Gasteiger partial charge in [0.15, 0.2) is 0 Å². The number of ether oxygens (including phenoxy) is 2. The van der Waals surface area contributed by atoms with Gasteiger partial charge in [0.2, 0.25) is 0 Å². The van der Waals surface area contributed by atoms with Crippen molar-refractivity contribution in [2.24, 2.45) is 0 Å². The molecule has 0 aliphatic carbocycles. The molecular formula is C15H21NO2. The molecule has 1 aromatic rings. The van der Waals surface area contributed by atoms with Crippen LogP contribution in [0.15, 0.2) is 30.9 Å². The van der Waals surface area contributed by atoms with Crippen LogP contribution in [0, 0.1) is 0 Å². The predicted molar refractivity (Wildman–Crippen MR) is 73.3 cm³/mol. The third-order valence-electron chi connectivity index (χ3n) is 3.04. The summed E-state index contributed by atoms with van der Waals surface area (Å²) in [6.07, 6.45) is 3.90. The summed E-state index contributed by atoms with van der Waals surface area (Å²) in [7, 11) is 0. The van der Waals surface area contributed by atoms with Gasteiger partial charge in [0.25, 0.3) is 0 Å². The summed E-state index contributed by atoms with van der Waals surface area (Å²) < 4.78 is 11.4. The highest BCUT2D eigenvalue weighted by molar-refractivity contribution is 5.45. The van der Waals surface area contributed by atoms with Crippen LogP contribution in [0.1, 0.15) is 31.4 Å². The minimum Gasteiger partial charge on any atom is -0.493 e. The zero-order valence-corrected chi connectivity index (χ0v) is 10.9. The number of unbranched alkanes of at least 4 members (excludes halogenated alkanes) is 1. The van der Waals surface area contributed by atoms with Gasteiger partial charge in [-0.25, -0.2) is 0 Å². The van der Waals surface area contributed by atoms with Crippen molar-refractivity contribution in [1.82, 2.24) is 5.32 Å². The SMILES string of the molecule is C=CCCCOc1ccc2c(c1)OCC2NCC. The molecule has 0 spiro atoms. The fraction of sp³-hybridized carbons (Fsp3) is 0.467. The van der Waals surface area contributed by atoms with Gasteiger partial charge in [-0.05, 0) is 31.5 Å². The summed E-state index contributed by atoms with van der Waals surface area (Å²) in [6, 6.07) is 6.42. The second-order valence-corrected chi connectivity index (χ2v) is 4.40. The number of hydrogen-bond acceptors (Lipinski definition) is 3. The van der Waals surface area contributed by atoms with Crippen LogP contribution in [-0.4, -0.2) is 19.8 Å². The molecule has 3 heteroatoms. The molecule has 18 heavy (non-hydrogen) atoms. The van der Waals surface area contributed by atoms with Gasteiger partial charge in [-0.3, -0.25) is 0 Å². The van der Waals surface area contributed by atoms with E-state index in [0.29, 0.717) is 12.6 Å². The van der Waals surface area contributed by atoms with E-state index in [0.717, 1.165) is 37.5 Å². The molecule has 1 N–H and O–H groups in total. The Morgan fingerprint density at radius 1 is 1.56 bits per heavy atom. The van der Waals surface area contributed by atoms with Crippen molar-refractivity contribution in [2.45, 2.75) is 25.8 Å². The summed E-state index contributed by atoms with van der Waals surface area (Å²) in [6.45, 7) is 8.19. The molecule has 1 aromatic carbocycles. The highest BCUT2D eigenvalue weighted by Crippen LogP contribution is 2.35. The molecule has 1 atom stereocenters. The van der Waals surface area contributed by atoms with E-state index in [2.05, 4.69) is 24.9 Å². The predicted octanol–water partition coefficient (Wildman–Crippen LogP) is 3.07. The Morgan fingerprint density at radius 3 is 3.22 bits per heavy atom. The molecule has 0 bridgehead atoms. The maximum absolute atomic E-state index is 5.68. The summed E-state index contributed by atoms with van der Waals surface area (Å²) in [4.78, 5) is 0. The molecule has 98 valence electrons. The number of rotatable bonds is 7. The summed E-state index contributed by atoms with van der Waals surface area (Å²) >= 11 is 0. The minimum atomic E-state index is 0.319. The standard InChI is InChI=1S/C15H21NO2/c1-3-5-6-9-17-12-7-8-13-14(16-4-2)11-18-15(13)10-12/h3,7-8,10,14,16H,1,4-6,9,11H2,2H3. The number of nitrogens with one attached hydrogen (secondary N) is 1. The van der Waals surface area contributed by atoms with Crippen molar-refractivity contribution in [1.29, 1.82) is 0 Å². The van der Waals surface area contributed by atoms with Crippen LogP contribution in [0.25, 0.3) is 0 Å². The van der Waals surface area contributed by atoms with E-state index >= 15 is 0 Å². The molecule has 0 saturated carbocycles. The monoisotopic (exact) mass is 247 g/mol. The average Bonchev–Trinajstić information content (AvgIpc) is 2.78. The van der Waals surface area contributed by atoms with E-state index < -0.39 is 0 Å². The van der Waals surface area contributed by atoms with Crippen molar-refractivity contribution in [2.75, 3.05) is 19.8 Å². The van der Waals surface area contributed by atoms with Gasteiger partial charge in [-0.2, -0.15) is 0 Å². The third kappa shape index (κ3) is 3.05. The minimum absolute atomic E-state index is 0.319. The fourth-order valence-electron chi connectivity index (χ4n) is 2.11. The topological polar surface area (TPSA) is 30.5 Å². The maximum Gasteiger partial charge on any atom is 0.127 e. The van der Waals surface area contributed by atoms with Gasteiger partial charge < -0.3 is 14.8 Å². The number of fused-ring (bicyclic) bond motifs is 1.